The first-order valence-electron chi connectivity index (χ1n) is 8.43. The fraction of sp³-hybridized carbons (Fsp3) is 0.0952. The van der Waals surface area contributed by atoms with Crippen molar-refractivity contribution in [1.82, 2.24) is 0 Å². The molecule has 28 heavy (non-hydrogen) atoms. The van der Waals surface area contributed by atoms with E-state index in [1.165, 1.54) is 29.6 Å². The second-order valence-corrected chi connectivity index (χ2v) is 8.21. The van der Waals surface area contributed by atoms with Crippen molar-refractivity contribution in [1.29, 1.82) is 0 Å². The Morgan fingerprint density at radius 2 is 1.57 bits per heavy atom. The van der Waals surface area contributed by atoms with E-state index in [2.05, 4.69) is 0 Å². The van der Waals surface area contributed by atoms with E-state index in [0.717, 1.165) is 5.56 Å². The van der Waals surface area contributed by atoms with E-state index in [1.807, 2.05) is 36.4 Å². The van der Waals surface area contributed by atoms with Gasteiger partial charge in [0.25, 0.3) is 10.0 Å². The topological polar surface area (TPSA) is 63.7 Å². The Morgan fingerprint density at radius 3 is 2.18 bits per heavy atom. The lowest BCUT2D eigenvalue weighted by Crippen LogP contribution is -2.31. The zero-order valence-corrected chi connectivity index (χ0v) is 16.7. The Hall–Kier alpha value is -2.83. The monoisotopic (exact) mass is 415 g/mol. The zero-order chi connectivity index (χ0) is 20.1. The Bertz CT molecular complexity index is 1070. The Morgan fingerprint density at radius 1 is 0.964 bits per heavy atom. The van der Waals surface area contributed by atoms with Gasteiger partial charge in [-0.15, -0.1) is 0 Å². The first-order chi connectivity index (χ1) is 13.4. The van der Waals surface area contributed by atoms with Crippen molar-refractivity contribution >= 4 is 33.3 Å². The van der Waals surface area contributed by atoms with Crippen LogP contribution in [0.25, 0.3) is 0 Å². The summed E-state index contributed by atoms with van der Waals surface area (Å²) in [4.78, 5) is 11.7. The molecule has 0 unspecified atom stereocenters. The minimum Gasteiger partial charge on any atom is -0.465 e. The molecule has 5 nitrogen and oxygen atoms in total. The second-order valence-electron chi connectivity index (χ2n) is 5.97. The number of methoxy groups -OCH3 is 1. The first kappa shape index (κ1) is 19.9. The van der Waals surface area contributed by atoms with Crippen LogP contribution >= 0.6 is 11.6 Å². The molecule has 0 radical (unpaired) electrons. The van der Waals surface area contributed by atoms with E-state index in [0.29, 0.717) is 5.69 Å². The number of hydrogen-bond donors (Lipinski definition) is 0. The number of nitrogens with zero attached hydrogens (tertiary/aromatic N) is 1. The predicted molar refractivity (Wildman–Crippen MR) is 109 cm³/mol. The van der Waals surface area contributed by atoms with E-state index in [1.54, 1.807) is 24.3 Å². The molecule has 3 aromatic carbocycles. The molecule has 0 atom stereocenters. The van der Waals surface area contributed by atoms with Gasteiger partial charge in [0.1, 0.15) is 4.90 Å². The van der Waals surface area contributed by atoms with Crippen LogP contribution in [0, 0.1) is 0 Å². The molecule has 3 rings (SSSR count). The molecule has 7 heteroatoms. The summed E-state index contributed by atoms with van der Waals surface area (Å²) in [6, 6.07) is 22.0. The van der Waals surface area contributed by atoms with E-state index >= 15 is 0 Å². The van der Waals surface area contributed by atoms with Gasteiger partial charge < -0.3 is 4.74 Å². The molecular weight excluding hydrogens is 398 g/mol. The summed E-state index contributed by atoms with van der Waals surface area (Å²) in [6.45, 7) is 0.117. The van der Waals surface area contributed by atoms with Crippen LogP contribution in [0.4, 0.5) is 5.69 Å². The van der Waals surface area contributed by atoms with Crippen molar-refractivity contribution in [3.8, 4) is 0 Å². The lowest BCUT2D eigenvalue weighted by atomic mass is 10.2. The molecule has 0 heterocycles. The molecule has 0 fully saturated rings. The summed E-state index contributed by atoms with van der Waals surface area (Å²) in [5.74, 6) is -0.637. The summed E-state index contributed by atoms with van der Waals surface area (Å²) in [7, 11) is -2.82. The van der Waals surface area contributed by atoms with Crippen LogP contribution in [0.3, 0.4) is 0 Å². The quantitative estimate of drug-likeness (QED) is 0.555. The molecule has 3 aromatic rings. The number of carbonyl (C=O) groups is 1. The van der Waals surface area contributed by atoms with Gasteiger partial charge in [-0.3, -0.25) is 4.31 Å². The minimum atomic E-state index is -4.05. The highest BCUT2D eigenvalue weighted by Crippen LogP contribution is 2.31. The maximum Gasteiger partial charge on any atom is 0.337 e. The second kappa shape index (κ2) is 8.46. The third kappa shape index (κ3) is 4.18. The molecule has 0 spiro atoms. The van der Waals surface area contributed by atoms with Gasteiger partial charge in [-0.2, -0.15) is 0 Å². The smallest absolute Gasteiger partial charge is 0.337 e. The van der Waals surface area contributed by atoms with Crippen molar-refractivity contribution in [3.05, 3.63) is 95.0 Å². The van der Waals surface area contributed by atoms with Gasteiger partial charge in [0.2, 0.25) is 0 Å². The van der Waals surface area contributed by atoms with E-state index in [9.17, 15) is 13.2 Å². The molecule has 0 aliphatic rings. The number of esters is 1. The van der Waals surface area contributed by atoms with Gasteiger partial charge in [0.15, 0.2) is 0 Å². The predicted octanol–water partition coefficient (Wildman–Crippen LogP) is 4.52. The lowest BCUT2D eigenvalue weighted by Gasteiger charge is -2.25. The van der Waals surface area contributed by atoms with Crippen LogP contribution in [0.15, 0.2) is 83.8 Å². The minimum absolute atomic E-state index is 0.0293. The Labute approximate surface area is 169 Å². The first-order valence-corrected chi connectivity index (χ1v) is 10.2. The summed E-state index contributed by atoms with van der Waals surface area (Å²) in [6.07, 6.45) is 0. The maximum absolute atomic E-state index is 13.5. The van der Waals surface area contributed by atoms with Gasteiger partial charge in [-0.25, -0.2) is 13.2 Å². The van der Waals surface area contributed by atoms with E-state index < -0.39 is 16.0 Å². The van der Waals surface area contributed by atoms with Crippen LogP contribution in [0.2, 0.25) is 5.02 Å². The highest BCUT2D eigenvalue weighted by molar-refractivity contribution is 7.93. The number of para-hydroxylation sites is 1. The largest absolute Gasteiger partial charge is 0.465 e. The fourth-order valence-corrected chi connectivity index (χ4v) is 4.68. The molecule has 144 valence electrons. The number of rotatable bonds is 6. The molecule has 0 aliphatic heterocycles. The number of hydrogen-bond acceptors (Lipinski definition) is 4. The van der Waals surface area contributed by atoms with Crippen LogP contribution in [-0.2, 0) is 21.3 Å². The Balaban J connectivity index is 2.12. The van der Waals surface area contributed by atoms with Crippen molar-refractivity contribution in [3.63, 3.8) is 0 Å². The number of benzene rings is 3. The number of carbonyl (C=O) groups excluding carboxylic acids is 1. The zero-order valence-electron chi connectivity index (χ0n) is 15.1. The van der Waals surface area contributed by atoms with Crippen molar-refractivity contribution in [2.45, 2.75) is 11.4 Å². The van der Waals surface area contributed by atoms with E-state index in [4.69, 9.17) is 16.3 Å². The van der Waals surface area contributed by atoms with Gasteiger partial charge in [-0.05, 0) is 35.9 Å². The number of halogens is 1. The van der Waals surface area contributed by atoms with Gasteiger partial charge in [0, 0.05) is 0 Å². The molecule has 0 bridgehead atoms. The molecule has 0 aliphatic carbocycles. The van der Waals surface area contributed by atoms with Crippen molar-refractivity contribution < 1.29 is 17.9 Å². The third-order valence-electron chi connectivity index (χ3n) is 4.13. The maximum atomic E-state index is 13.5. The number of ether oxygens (including phenoxy) is 1. The molecule has 0 N–H and O–H groups in total. The molecular formula is C21H18ClNO4S. The molecule has 0 amide bonds. The summed E-state index contributed by atoms with van der Waals surface area (Å²) in [5, 5.41) is 0.0293. The Kier molecular flexibility index (Phi) is 6.02. The van der Waals surface area contributed by atoms with Gasteiger partial charge >= 0.3 is 5.97 Å². The highest BCUT2D eigenvalue weighted by Gasteiger charge is 2.28. The lowest BCUT2D eigenvalue weighted by molar-refractivity contribution is 0.0600. The highest BCUT2D eigenvalue weighted by atomic mass is 35.5. The SMILES string of the molecule is COC(=O)c1ccc(Cl)c(S(=O)(=O)N(Cc2ccccc2)c2ccccc2)c1. The summed E-state index contributed by atoms with van der Waals surface area (Å²) < 4.78 is 33.0. The van der Waals surface area contributed by atoms with Crippen molar-refractivity contribution in [2.24, 2.45) is 0 Å². The standard InChI is InChI=1S/C21H18ClNO4S/c1-27-21(24)17-12-13-19(22)20(14-17)28(25,26)23(18-10-6-3-7-11-18)15-16-8-4-2-5-9-16/h2-14H,15H2,1H3. The average Bonchev–Trinajstić information content (AvgIpc) is 2.73. The third-order valence-corrected chi connectivity index (χ3v) is 6.39. The van der Waals surface area contributed by atoms with Crippen molar-refractivity contribution in [2.75, 3.05) is 11.4 Å². The molecule has 0 saturated carbocycles. The summed E-state index contributed by atoms with van der Waals surface area (Å²) in [5.41, 5.74) is 1.42. The van der Waals surface area contributed by atoms with E-state index in [-0.39, 0.29) is 22.0 Å². The molecule has 0 saturated heterocycles. The van der Waals surface area contributed by atoms with Crippen LogP contribution in [0.5, 0.6) is 0 Å². The van der Waals surface area contributed by atoms with Crippen LogP contribution in [-0.4, -0.2) is 21.5 Å². The number of sulfonamides is 1. The van der Waals surface area contributed by atoms with Gasteiger partial charge in [-0.1, -0.05) is 60.1 Å². The normalized spacial score (nSPS) is 11.1. The fourth-order valence-electron chi connectivity index (χ4n) is 2.72. The average molecular weight is 416 g/mol. The van der Waals surface area contributed by atoms with Gasteiger partial charge in [0.05, 0.1) is 29.9 Å². The number of anilines is 1. The molecule has 0 aromatic heterocycles. The summed E-state index contributed by atoms with van der Waals surface area (Å²) >= 11 is 6.21. The van der Waals surface area contributed by atoms with Crippen LogP contribution in [0.1, 0.15) is 15.9 Å². The van der Waals surface area contributed by atoms with Crippen LogP contribution < -0.4 is 4.31 Å².